The lowest BCUT2D eigenvalue weighted by molar-refractivity contribution is -0.151. The van der Waals surface area contributed by atoms with Crippen LogP contribution in [-0.2, 0) is 24.0 Å². The van der Waals surface area contributed by atoms with Crippen molar-refractivity contribution in [1.82, 2.24) is 10.6 Å². The first-order chi connectivity index (χ1) is 14.3. The monoisotopic (exact) mass is 448 g/mol. The Morgan fingerprint density at radius 2 is 1.48 bits per heavy atom. The Labute approximate surface area is 178 Å². The van der Waals surface area contributed by atoms with Gasteiger partial charge in [0, 0.05) is 12.8 Å². The zero-order chi connectivity index (χ0) is 23.8. The van der Waals surface area contributed by atoms with Gasteiger partial charge in [-0.25, -0.2) is 13.6 Å². The number of carboxylic acids is 2. The molecule has 0 saturated heterocycles. The molecule has 176 valence electrons. The number of ketones is 1. The average molecular weight is 448 g/mol. The van der Waals surface area contributed by atoms with Gasteiger partial charge in [0.15, 0.2) is 0 Å². The van der Waals surface area contributed by atoms with Crippen molar-refractivity contribution in [2.75, 3.05) is 0 Å². The Morgan fingerprint density at radius 1 is 0.903 bits per heavy atom. The number of carbonyl (C=O) groups is 5. The van der Waals surface area contributed by atoms with Gasteiger partial charge in [-0.15, -0.1) is 0 Å². The fraction of sp³-hybridized carbons (Fsp3) is 0.750. The molecular formula is C20H30F2N2O7. The van der Waals surface area contributed by atoms with Crippen LogP contribution in [0.15, 0.2) is 0 Å². The molecule has 11 heteroatoms. The molecule has 1 rings (SSSR count). The topological polar surface area (TPSA) is 150 Å². The van der Waals surface area contributed by atoms with Crippen molar-refractivity contribution in [2.45, 2.75) is 83.7 Å². The molecule has 2 amide bonds. The molecule has 0 aromatic carbocycles. The summed E-state index contributed by atoms with van der Waals surface area (Å²) in [6, 6.07) is -3.11. The second kappa shape index (κ2) is 11.7. The van der Waals surface area contributed by atoms with E-state index in [0.717, 1.165) is 12.8 Å². The van der Waals surface area contributed by atoms with Gasteiger partial charge >= 0.3 is 11.9 Å². The predicted octanol–water partition coefficient (Wildman–Crippen LogP) is 1.74. The van der Waals surface area contributed by atoms with Crippen LogP contribution in [-0.4, -0.2) is 58.3 Å². The highest BCUT2D eigenvalue weighted by atomic mass is 19.3. The molecule has 1 saturated carbocycles. The lowest BCUT2D eigenvalue weighted by atomic mass is 9.79. The first-order valence-corrected chi connectivity index (χ1v) is 10.2. The Kier molecular flexibility index (Phi) is 9.99. The molecule has 1 fully saturated rings. The number of carboxylic acid groups (broad SMARTS) is 2. The number of halogens is 2. The third kappa shape index (κ3) is 8.97. The van der Waals surface area contributed by atoms with E-state index in [1.165, 1.54) is 0 Å². The van der Waals surface area contributed by atoms with Gasteiger partial charge in [-0.2, -0.15) is 0 Å². The molecule has 0 bridgehead atoms. The summed E-state index contributed by atoms with van der Waals surface area (Å²) in [6.45, 7) is 3.52. The molecule has 1 aliphatic rings. The molecule has 0 aromatic rings. The van der Waals surface area contributed by atoms with Crippen LogP contribution in [0.3, 0.4) is 0 Å². The number of amides is 2. The molecule has 0 radical (unpaired) electrons. The van der Waals surface area contributed by atoms with Crippen molar-refractivity contribution in [3.05, 3.63) is 0 Å². The minimum Gasteiger partial charge on any atom is -0.481 e. The average Bonchev–Trinajstić information content (AvgIpc) is 3.05. The summed E-state index contributed by atoms with van der Waals surface area (Å²) in [5.74, 6) is -6.14. The Morgan fingerprint density at radius 3 is 1.94 bits per heavy atom. The van der Waals surface area contributed by atoms with Gasteiger partial charge in [-0.1, -0.05) is 26.7 Å². The zero-order valence-corrected chi connectivity index (χ0v) is 17.7. The van der Waals surface area contributed by atoms with Crippen LogP contribution in [0.2, 0.25) is 0 Å². The fourth-order valence-corrected chi connectivity index (χ4v) is 3.98. The van der Waals surface area contributed by atoms with E-state index in [-0.39, 0.29) is 25.2 Å². The largest absolute Gasteiger partial charge is 0.481 e. The second-order valence-electron chi connectivity index (χ2n) is 8.56. The van der Waals surface area contributed by atoms with Crippen molar-refractivity contribution in [3.8, 4) is 0 Å². The van der Waals surface area contributed by atoms with Gasteiger partial charge in [0.2, 0.25) is 18.2 Å². The van der Waals surface area contributed by atoms with Crippen LogP contribution in [0.5, 0.6) is 0 Å². The first-order valence-electron chi connectivity index (χ1n) is 10.2. The minimum absolute atomic E-state index is 0.0979. The predicted molar refractivity (Wildman–Crippen MR) is 104 cm³/mol. The van der Waals surface area contributed by atoms with E-state index in [1.807, 2.05) is 5.32 Å². The third-order valence-electron chi connectivity index (χ3n) is 5.34. The highest BCUT2D eigenvalue weighted by Crippen LogP contribution is 2.44. The maximum Gasteiger partial charge on any atom is 0.374 e. The molecule has 1 aliphatic carbocycles. The SMILES string of the molecule is CC(C)C[C@@H](NC(=O)CC1(CC(=O)O)CCCC1)C(=O)N[C@H](CC(F)F)C(=O)C(=O)O. The summed E-state index contributed by atoms with van der Waals surface area (Å²) in [5, 5.41) is 22.5. The molecule has 0 aromatic heterocycles. The van der Waals surface area contributed by atoms with E-state index in [1.54, 1.807) is 13.8 Å². The Balaban J connectivity index is 2.91. The molecular weight excluding hydrogens is 418 g/mol. The van der Waals surface area contributed by atoms with Crippen LogP contribution >= 0.6 is 0 Å². The summed E-state index contributed by atoms with van der Waals surface area (Å²) in [7, 11) is 0. The van der Waals surface area contributed by atoms with Crippen molar-refractivity contribution in [2.24, 2.45) is 11.3 Å². The van der Waals surface area contributed by atoms with Crippen molar-refractivity contribution in [1.29, 1.82) is 0 Å². The maximum absolute atomic E-state index is 12.7. The minimum atomic E-state index is -3.02. The van der Waals surface area contributed by atoms with Gasteiger partial charge in [0.1, 0.15) is 12.1 Å². The van der Waals surface area contributed by atoms with E-state index in [4.69, 9.17) is 5.11 Å². The van der Waals surface area contributed by atoms with Crippen molar-refractivity contribution < 1.29 is 43.0 Å². The van der Waals surface area contributed by atoms with Crippen LogP contribution in [0.1, 0.15) is 65.2 Å². The van der Waals surface area contributed by atoms with Gasteiger partial charge in [0.25, 0.3) is 5.78 Å². The highest BCUT2D eigenvalue weighted by molar-refractivity contribution is 6.35. The number of Topliss-reactive ketones (excluding diaryl/α,β-unsaturated/α-hetero) is 1. The number of alkyl halides is 2. The number of rotatable bonds is 13. The second-order valence-corrected chi connectivity index (χ2v) is 8.56. The third-order valence-corrected chi connectivity index (χ3v) is 5.34. The summed E-state index contributed by atoms with van der Waals surface area (Å²) >= 11 is 0. The molecule has 31 heavy (non-hydrogen) atoms. The van der Waals surface area contributed by atoms with Crippen LogP contribution in [0.25, 0.3) is 0 Å². The van der Waals surface area contributed by atoms with Gasteiger partial charge in [0.05, 0.1) is 6.42 Å². The summed E-state index contributed by atoms with van der Waals surface area (Å²) < 4.78 is 25.5. The maximum atomic E-state index is 12.7. The molecule has 0 unspecified atom stereocenters. The first kappa shape index (κ1) is 26.4. The van der Waals surface area contributed by atoms with Gasteiger partial charge < -0.3 is 20.8 Å². The van der Waals surface area contributed by atoms with E-state index in [2.05, 4.69) is 5.32 Å². The number of nitrogens with one attached hydrogen (secondary N) is 2. The van der Waals surface area contributed by atoms with Crippen molar-refractivity contribution in [3.63, 3.8) is 0 Å². The van der Waals surface area contributed by atoms with E-state index < -0.39 is 59.9 Å². The van der Waals surface area contributed by atoms with Gasteiger partial charge in [-0.05, 0) is 30.6 Å². The lowest BCUT2D eigenvalue weighted by Gasteiger charge is -2.28. The molecule has 4 N–H and O–H groups in total. The number of hydrogen-bond acceptors (Lipinski definition) is 5. The smallest absolute Gasteiger partial charge is 0.374 e. The van der Waals surface area contributed by atoms with E-state index in [0.29, 0.717) is 12.8 Å². The summed E-state index contributed by atoms with van der Waals surface area (Å²) in [4.78, 5) is 59.0. The number of hydrogen-bond donors (Lipinski definition) is 4. The quantitative estimate of drug-likeness (QED) is 0.313. The Hall–Kier alpha value is -2.59. The summed E-state index contributed by atoms with van der Waals surface area (Å²) in [5.41, 5.74) is -0.702. The molecule has 2 atom stereocenters. The van der Waals surface area contributed by atoms with E-state index >= 15 is 0 Å². The zero-order valence-electron chi connectivity index (χ0n) is 17.7. The Bertz CT molecular complexity index is 691. The molecule has 0 heterocycles. The van der Waals surface area contributed by atoms with Crippen LogP contribution in [0, 0.1) is 11.3 Å². The van der Waals surface area contributed by atoms with Gasteiger partial charge in [-0.3, -0.25) is 19.2 Å². The van der Waals surface area contributed by atoms with Crippen LogP contribution in [0.4, 0.5) is 8.78 Å². The molecule has 0 spiro atoms. The normalized spacial score (nSPS) is 17.2. The fourth-order valence-electron chi connectivity index (χ4n) is 3.98. The van der Waals surface area contributed by atoms with Crippen LogP contribution < -0.4 is 10.6 Å². The summed E-state index contributed by atoms with van der Waals surface area (Å²) in [6.07, 6.45) is -1.63. The van der Waals surface area contributed by atoms with E-state index in [9.17, 15) is 37.9 Å². The highest BCUT2D eigenvalue weighted by Gasteiger charge is 2.39. The number of aliphatic carboxylic acids is 2. The lowest BCUT2D eigenvalue weighted by Crippen LogP contribution is -2.53. The molecule has 9 nitrogen and oxygen atoms in total. The standard InChI is InChI=1S/C20H30F2N2O7/c1-11(2)7-13(18(29)24-12(8-14(21)22)17(28)19(30)31)23-15(25)9-20(10-16(26)27)5-3-4-6-20/h11-14H,3-10H2,1-2H3,(H,23,25)(H,24,29)(H,26,27)(H,30,31)/t12-,13-/m1/s1. The van der Waals surface area contributed by atoms with Crippen molar-refractivity contribution >= 4 is 29.5 Å². The molecule has 0 aliphatic heterocycles. The number of carbonyl (C=O) groups excluding carboxylic acids is 3.